The molecule has 0 saturated carbocycles. The van der Waals surface area contributed by atoms with E-state index in [1.807, 2.05) is 0 Å². The Hall–Kier alpha value is -7.36. The smallest absolute Gasteiger partial charge is 0.143 e. The molecule has 10 rings (SSSR count). The van der Waals surface area contributed by atoms with E-state index in [9.17, 15) is 0 Å². The van der Waals surface area contributed by atoms with Crippen LogP contribution >= 0.6 is 0 Å². The van der Waals surface area contributed by atoms with E-state index in [0.29, 0.717) is 0 Å². The molecule has 1 aromatic heterocycles. The number of nitrogens with zero attached hydrogens (tertiary/aromatic N) is 2. The Balaban J connectivity index is 1.32. The van der Waals surface area contributed by atoms with E-state index in [1.165, 1.54) is 11.1 Å². The number of rotatable bonds is 8. The predicted octanol–water partition coefficient (Wildman–Crippen LogP) is 15.0. The summed E-state index contributed by atoms with van der Waals surface area (Å²) in [6, 6.07) is 77.5. The van der Waals surface area contributed by atoms with Crippen molar-refractivity contribution >= 4 is 66.8 Å². The first-order chi connectivity index (χ1) is 27.3. The maximum absolute atomic E-state index is 6.90. The van der Waals surface area contributed by atoms with Crippen LogP contribution < -0.4 is 9.80 Å². The molecule has 0 N–H and O–H groups in total. The van der Waals surface area contributed by atoms with Crippen LogP contribution in [0.1, 0.15) is 0 Å². The predicted molar refractivity (Wildman–Crippen MR) is 231 cm³/mol. The summed E-state index contributed by atoms with van der Waals surface area (Å²) in [5.74, 6) is 0. The van der Waals surface area contributed by atoms with Crippen LogP contribution in [0.4, 0.5) is 34.1 Å². The van der Waals surface area contributed by atoms with Crippen molar-refractivity contribution in [3.05, 3.63) is 218 Å². The van der Waals surface area contributed by atoms with Crippen LogP contribution in [0, 0.1) is 0 Å². The molecule has 3 nitrogen and oxygen atoms in total. The van der Waals surface area contributed by atoms with Gasteiger partial charge in [-0.2, -0.15) is 0 Å². The fraction of sp³-hybridized carbons (Fsp3) is 0. The molecule has 0 fully saturated rings. The van der Waals surface area contributed by atoms with Crippen LogP contribution in [0.3, 0.4) is 0 Å². The average Bonchev–Trinajstić information content (AvgIpc) is 3.66. The van der Waals surface area contributed by atoms with Gasteiger partial charge in [0.15, 0.2) is 0 Å². The number of fused-ring (bicyclic) bond motifs is 5. The molecule has 0 aliphatic heterocycles. The normalized spacial score (nSPS) is 11.3. The monoisotopic (exact) mass is 704 g/mol. The zero-order chi connectivity index (χ0) is 36.6. The summed E-state index contributed by atoms with van der Waals surface area (Å²) in [7, 11) is 0. The van der Waals surface area contributed by atoms with Crippen LogP contribution in [0.2, 0.25) is 0 Å². The number of benzene rings is 9. The molecule has 0 atom stereocenters. The molecule has 0 aliphatic carbocycles. The fourth-order valence-electron chi connectivity index (χ4n) is 7.87. The van der Waals surface area contributed by atoms with Gasteiger partial charge in [0.1, 0.15) is 11.2 Å². The Morgan fingerprint density at radius 1 is 0.327 bits per heavy atom. The molecule has 260 valence electrons. The van der Waals surface area contributed by atoms with Gasteiger partial charge >= 0.3 is 0 Å². The molecule has 3 heteroatoms. The summed E-state index contributed by atoms with van der Waals surface area (Å²) in [6.45, 7) is 0. The van der Waals surface area contributed by atoms with Crippen molar-refractivity contribution in [3.63, 3.8) is 0 Å². The van der Waals surface area contributed by atoms with Crippen LogP contribution in [0.25, 0.3) is 55.0 Å². The SMILES string of the molecule is c1ccc(-c2cccc(N(c3ccccc3)c3ccc4oc5c6ccccc6ccc5c4c3N(c3ccccc3)c3cccc(-c4ccccc4)c3)c2)cc1. The lowest BCUT2D eigenvalue weighted by atomic mass is 10.0. The second-order valence-electron chi connectivity index (χ2n) is 13.7. The van der Waals surface area contributed by atoms with Crippen LogP contribution in [0.5, 0.6) is 0 Å². The highest BCUT2D eigenvalue weighted by atomic mass is 16.3. The molecule has 0 aliphatic rings. The van der Waals surface area contributed by atoms with Gasteiger partial charge < -0.3 is 14.2 Å². The third-order valence-electron chi connectivity index (χ3n) is 10.4. The van der Waals surface area contributed by atoms with Gasteiger partial charge in [-0.1, -0.05) is 152 Å². The topological polar surface area (TPSA) is 19.6 Å². The van der Waals surface area contributed by atoms with Gasteiger partial charge in [0.05, 0.1) is 16.8 Å². The molecule has 1 heterocycles. The van der Waals surface area contributed by atoms with E-state index < -0.39 is 0 Å². The third kappa shape index (κ3) is 5.89. The van der Waals surface area contributed by atoms with E-state index in [2.05, 4.69) is 228 Å². The third-order valence-corrected chi connectivity index (χ3v) is 10.4. The van der Waals surface area contributed by atoms with Crippen LogP contribution in [-0.4, -0.2) is 0 Å². The first-order valence-corrected chi connectivity index (χ1v) is 18.7. The van der Waals surface area contributed by atoms with Gasteiger partial charge in [0, 0.05) is 33.5 Å². The summed E-state index contributed by atoms with van der Waals surface area (Å²) in [5.41, 5.74) is 12.6. The highest BCUT2D eigenvalue weighted by Crippen LogP contribution is 2.52. The Bertz CT molecular complexity index is 2920. The maximum Gasteiger partial charge on any atom is 0.143 e. The molecule has 10 aromatic rings. The molecule has 0 radical (unpaired) electrons. The highest BCUT2D eigenvalue weighted by Gasteiger charge is 2.28. The van der Waals surface area contributed by atoms with Crippen molar-refractivity contribution in [2.75, 3.05) is 9.80 Å². The molecular weight excluding hydrogens is 669 g/mol. The van der Waals surface area contributed by atoms with Gasteiger partial charge in [-0.15, -0.1) is 0 Å². The van der Waals surface area contributed by atoms with Crippen molar-refractivity contribution in [3.8, 4) is 22.3 Å². The zero-order valence-electron chi connectivity index (χ0n) is 30.1. The van der Waals surface area contributed by atoms with E-state index >= 15 is 0 Å². The summed E-state index contributed by atoms with van der Waals surface area (Å²) in [5, 5.41) is 4.36. The van der Waals surface area contributed by atoms with Crippen molar-refractivity contribution in [2.45, 2.75) is 0 Å². The Morgan fingerprint density at radius 2 is 0.818 bits per heavy atom. The molecule has 0 saturated heterocycles. The van der Waals surface area contributed by atoms with Crippen molar-refractivity contribution < 1.29 is 4.42 Å². The minimum atomic E-state index is 0.830. The number of hydrogen-bond donors (Lipinski definition) is 0. The first kappa shape index (κ1) is 32.3. The lowest BCUT2D eigenvalue weighted by Crippen LogP contribution is -2.17. The number of furan rings is 1. The average molecular weight is 705 g/mol. The van der Waals surface area contributed by atoms with Gasteiger partial charge in [-0.05, 0) is 94.4 Å². The lowest BCUT2D eigenvalue weighted by molar-refractivity contribution is 0.672. The first-order valence-electron chi connectivity index (χ1n) is 18.7. The van der Waals surface area contributed by atoms with Gasteiger partial charge in [0.2, 0.25) is 0 Å². The lowest BCUT2D eigenvalue weighted by Gasteiger charge is -2.34. The molecular formula is C52H36N2O. The fourth-order valence-corrected chi connectivity index (χ4v) is 7.87. The highest BCUT2D eigenvalue weighted by molar-refractivity contribution is 6.22. The van der Waals surface area contributed by atoms with E-state index in [4.69, 9.17) is 4.42 Å². The Kier molecular flexibility index (Phi) is 8.16. The summed E-state index contributed by atoms with van der Waals surface area (Å²) >= 11 is 0. The minimum Gasteiger partial charge on any atom is -0.455 e. The Labute approximate surface area is 320 Å². The summed E-state index contributed by atoms with van der Waals surface area (Å²) in [6.07, 6.45) is 0. The molecule has 0 amide bonds. The number of hydrogen-bond acceptors (Lipinski definition) is 3. The van der Waals surface area contributed by atoms with Crippen molar-refractivity contribution in [2.24, 2.45) is 0 Å². The zero-order valence-corrected chi connectivity index (χ0v) is 30.1. The van der Waals surface area contributed by atoms with E-state index in [0.717, 1.165) is 78.0 Å². The largest absolute Gasteiger partial charge is 0.455 e. The van der Waals surface area contributed by atoms with Crippen LogP contribution in [-0.2, 0) is 0 Å². The number of anilines is 6. The Morgan fingerprint density at radius 3 is 1.44 bits per heavy atom. The second-order valence-corrected chi connectivity index (χ2v) is 13.7. The number of para-hydroxylation sites is 2. The standard InChI is InChI=1S/C52H36N2O/c1-5-17-37(18-6-1)40-22-15-28-44(35-40)53(42-24-9-3-10-25-42)48-33-34-49-50(47-32-31-39-21-13-14-30-46(39)52(47)55-49)51(48)54(43-26-11-4-12-27-43)45-29-16-23-41(36-45)38-19-7-2-8-20-38/h1-36H. The molecule has 9 aromatic carbocycles. The van der Waals surface area contributed by atoms with Gasteiger partial charge in [0.25, 0.3) is 0 Å². The summed E-state index contributed by atoms with van der Waals surface area (Å²) in [4.78, 5) is 4.79. The quantitative estimate of drug-likeness (QED) is 0.157. The molecule has 0 spiro atoms. The second kappa shape index (κ2) is 13.9. The van der Waals surface area contributed by atoms with Gasteiger partial charge in [-0.3, -0.25) is 0 Å². The minimum absolute atomic E-state index is 0.830. The van der Waals surface area contributed by atoms with Gasteiger partial charge in [-0.25, -0.2) is 0 Å². The molecule has 0 bridgehead atoms. The van der Waals surface area contributed by atoms with Crippen LogP contribution in [0.15, 0.2) is 223 Å². The van der Waals surface area contributed by atoms with Crippen molar-refractivity contribution in [1.82, 2.24) is 0 Å². The van der Waals surface area contributed by atoms with E-state index in [1.54, 1.807) is 0 Å². The molecule has 0 unspecified atom stereocenters. The maximum atomic E-state index is 6.90. The summed E-state index contributed by atoms with van der Waals surface area (Å²) < 4.78 is 6.90. The molecule has 55 heavy (non-hydrogen) atoms. The van der Waals surface area contributed by atoms with Crippen molar-refractivity contribution in [1.29, 1.82) is 0 Å². The van der Waals surface area contributed by atoms with E-state index in [-0.39, 0.29) is 0 Å².